The topological polar surface area (TPSA) is 71.1 Å². The molecule has 2 amide bonds. The summed E-state index contributed by atoms with van der Waals surface area (Å²) in [6.45, 7) is 1.92. The van der Waals surface area contributed by atoms with Crippen LogP contribution in [0.1, 0.15) is 39.3 Å². The number of carbonyl (C=O) groups is 2. The number of rotatable bonds is 4. The predicted molar refractivity (Wildman–Crippen MR) is 83.9 cm³/mol. The summed E-state index contributed by atoms with van der Waals surface area (Å²) in [6.07, 6.45) is 3.53. The van der Waals surface area contributed by atoms with Gasteiger partial charge in [0.2, 0.25) is 0 Å². The van der Waals surface area contributed by atoms with Crippen molar-refractivity contribution < 1.29 is 9.59 Å². The molecule has 1 saturated carbocycles. The molecule has 1 aromatic carbocycles. The molecule has 0 radical (unpaired) electrons. The van der Waals surface area contributed by atoms with Gasteiger partial charge in [0.1, 0.15) is 5.69 Å². The smallest absolute Gasteiger partial charge is 0.274 e. The third-order valence-electron chi connectivity index (χ3n) is 3.56. The Morgan fingerprint density at radius 3 is 2.64 bits per heavy atom. The number of nitrogens with one attached hydrogen (secondary N) is 2. The number of hydrogen-bond acceptors (Lipinski definition) is 3. The van der Waals surface area contributed by atoms with Gasteiger partial charge in [0, 0.05) is 23.5 Å². The molecule has 0 aliphatic heterocycles. The maximum absolute atomic E-state index is 12.3. The van der Waals surface area contributed by atoms with Crippen LogP contribution in [0.15, 0.2) is 42.6 Å². The normalized spacial score (nSPS) is 13.5. The van der Waals surface area contributed by atoms with Crippen LogP contribution in [0.2, 0.25) is 0 Å². The third-order valence-corrected chi connectivity index (χ3v) is 3.56. The average Bonchev–Trinajstić information content (AvgIpc) is 3.33. The quantitative estimate of drug-likeness (QED) is 0.910. The second kappa shape index (κ2) is 5.97. The zero-order valence-electron chi connectivity index (χ0n) is 12.3. The van der Waals surface area contributed by atoms with Crippen molar-refractivity contribution in [2.45, 2.75) is 25.8 Å². The number of anilines is 1. The number of amides is 2. The monoisotopic (exact) mass is 295 g/mol. The molecule has 0 bridgehead atoms. The molecule has 1 heterocycles. The fraction of sp³-hybridized carbons (Fsp3) is 0.235. The van der Waals surface area contributed by atoms with E-state index in [1.165, 1.54) is 12.3 Å². The first-order valence-corrected chi connectivity index (χ1v) is 7.27. The van der Waals surface area contributed by atoms with E-state index in [2.05, 4.69) is 15.6 Å². The highest BCUT2D eigenvalue weighted by atomic mass is 16.2. The van der Waals surface area contributed by atoms with Gasteiger partial charge in [-0.05, 0) is 43.5 Å². The van der Waals surface area contributed by atoms with Gasteiger partial charge in [0.25, 0.3) is 11.8 Å². The summed E-state index contributed by atoms with van der Waals surface area (Å²) in [5.41, 5.74) is 2.39. The summed E-state index contributed by atoms with van der Waals surface area (Å²) in [4.78, 5) is 28.3. The molecule has 2 aromatic rings. The van der Waals surface area contributed by atoms with E-state index in [9.17, 15) is 9.59 Å². The molecule has 0 saturated heterocycles. The van der Waals surface area contributed by atoms with E-state index in [-0.39, 0.29) is 23.6 Å². The van der Waals surface area contributed by atoms with Gasteiger partial charge in [0.15, 0.2) is 0 Å². The van der Waals surface area contributed by atoms with Crippen LogP contribution in [0, 0.1) is 6.92 Å². The fourth-order valence-corrected chi connectivity index (χ4v) is 2.09. The first-order valence-electron chi connectivity index (χ1n) is 7.27. The summed E-state index contributed by atoms with van der Waals surface area (Å²) in [5, 5.41) is 5.71. The molecule has 0 atom stereocenters. The number of para-hydroxylation sites is 1. The van der Waals surface area contributed by atoms with Gasteiger partial charge in [-0.1, -0.05) is 18.2 Å². The van der Waals surface area contributed by atoms with Gasteiger partial charge in [0.05, 0.1) is 0 Å². The lowest BCUT2D eigenvalue weighted by Crippen LogP contribution is -2.26. The number of nitrogens with zero attached hydrogens (tertiary/aromatic N) is 1. The molecule has 2 N–H and O–H groups in total. The fourth-order valence-electron chi connectivity index (χ4n) is 2.09. The molecule has 1 aliphatic rings. The highest BCUT2D eigenvalue weighted by molar-refractivity contribution is 6.05. The van der Waals surface area contributed by atoms with Crippen molar-refractivity contribution in [2.24, 2.45) is 0 Å². The van der Waals surface area contributed by atoms with E-state index < -0.39 is 0 Å². The van der Waals surface area contributed by atoms with Crippen molar-refractivity contribution in [1.82, 2.24) is 10.3 Å². The molecule has 112 valence electrons. The van der Waals surface area contributed by atoms with Crippen molar-refractivity contribution in [3.63, 3.8) is 0 Å². The number of aryl methyl sites for hydroxylation is 1. The molecule has 22 heavy (non-hydrogen) atoms. The van der Waals surface area contributed by atoms with Crippen LogP contribution < -0.4 is 10.6 Å². The Balaban J connectivity index is 1.75. The molecular weight excluding hydrogens is 278 g/mol. The molecule has 1 fully saturated rings. The Hall–Kier alpha value is -2.69. The van der Waals surface area contributed by atoms with E-state index in [4.69, 9.17) is 0 Å². The molecule has 5 heteroatoms. The maximum atomic E-state index is 12.3. The largest absolute Gasteiger partial charge is 0.349 e. The number of pyridine rings is 1. The van der Waals surface area contributed by atoms with E-state index in [1.807, 2.05) is 31.2 Å². The van der Waals surface area contributed by atoms with Gasteiger partial charge >= 0.3 is 0 Å². The summed E-state index contributed by atoms with van der Waals surface area (Å²) in [7, 11) is 0. The highest BCUT2D eigenvalue weighted by Crippen LogP contribution is 2.19. The molecule has 1 aliphatic carbocycles. The average molecular weight is 295 g/mol. The summed E-state index contributed by atoms with van der Waals surface area (Å²) in [5.74, 6) is -0.481. The van der Waals surface area contributed by atoms with Crippen LogP contribution >= 0.6 is 0 Å². The third kappa shape index (κ3) is 3.31. The summed E-state index contributed by atoms with van der Waals surface area (Å²) < 4.78 is 0. The zero-order valence-corrected chi connectivity index (χ0v) is 12.3. The lowest BCUT2D eigenvalue weighted by Gasteiger charge is -2.08. The van der Waals surface area contributed by atoms with Crippen LogP contribution in [0.5, 0.6) is 0 Å². The molecular formula is C17H17N3O2. The van der Waals surface area contributed by atoms with Gasteiger partial charge in [-0.25, -0.2) is 0 Å². The van der Waals surface area contributed by atoms with Gasteiger partial charge in [-0.2, -0.15) is 0 Å². The van der Waals surface area contributed by atoms with E-state index >= 15 is 0 Å². The lowest BCUT2D eigenvalue weighted by molar-refractivity contribution is 0.0951. The van der Waals surface area contributed by atoms with E-state index in [0.29, 0.717) is 5.56 Å². The van der Waals surface area contributed by atoms with Gasteiger partial charge in [-0.3, -0.25) is 14.6 Å². The SMILES string of the molecule is Cc1ccccc1NC(=O)c1cc(C(=O)NC2CC2)ccn1. The van der Waals surface area contributed by atoms with E-state index in [1.54, 1.807) is 6.07 Å². The molecule has 3 rings (SSSR count). The Morgan fingerprint density at radius 1 is 1.14 bits per heavy atom. The first kappa shape index (κ1) is 14.3. The van der Waals surface area contributed by atoms with Crippen molar-refractivity contribution in [3.05, 3.63) is 59.4 Å². The van der Waals surface area contributed by atoms with Crippen LogP contribution in [-0.4, -0.2) is 22.8 Å². The minimum atomic E-state index is -0.324. The van der Waals surface area contributed by atoms with Crippen LogP contribution in [0.25, 0.3) is 0 Å². The van der Waals surface area contributed by atoms with Crippen molar-refractivity contribution in [3.8, 4) is 0 Å². The van der Waals surface area contributed by atoms with Crippen molar-refractivity contribution in [1.29, 1.82) is 0 Å². The molecule has 1 aromatic heterocycles. The molecule has 0 unspecified atom stereocenters. The highest BCUT2D eigenvalue weighted by Gasteiger charge is 2.24. The Morgan fingerprint density at radius 2 is 1.91 bits per heavy atom. The Kier molecular flexibility index (Phi) is 3.87. The predicted octanol–water partition coefficient (Wildman–Crippen LogP) is 2.53. The van der Waals surface area contributed by atoms with Crippen LogP contribution in [0.4, 0.5) is 5.69 Å². The van der Waals surface area contributed by atoms with Gasteiger partial charge in [-0.15, -0.1) is 0 Å². The number of carbonyl (C=O) groups excluding carboxylic acids is 2. The van der Waals surface area contributed by atoms with Crippen molar-refractivity contribution >= 4 is 17.5 Å². The minimum Gasteiger partial charge on any atom is -0.349 e. The van der Waals surface area contributed by atoms with Gasteiger partial charge < -0.3 is 10.6 Å². The number of hydrogen-bond donors (Lipinski definition) is 2. The lowest BCUT2D eigenvalue weighted by atomic mass is 10.2. The van der Waals surface area contributed by atoms with Crippen LogP contribution in [0.3, 0.4) is 0 Å². The maximum Gasteiger partial charge on any atom is 0.274 e. The summed E-state index contributed by atoms with van der Waals surface area (Å²) >= 11 is 0. The summed E-state index contributed by atoms with van der Waals surface area (Å²) in [6, 6.07) is 10.9. The number of benzene rings is 1. The molecule has 5 nitrogen and oxygen atoms in total. The second-order valence-corrected chi connectivity index (χ2v) is 5.45. The Bertz CT molecular complexity index is 723. The second-order valence-electron chi connectivity index (χ2n) is 5.45. The minimum absolute atomic E-state index is 0.158. The van der Waals surface area contributed by atoms with Crippen molar-refractivity contribution in [2.75, 3.05) is 5.32 Å². The first-order chi connectivity index (χ1) is 10.6. The standard InChI is InChI=1S/C17H17N3O2/c1-11-4-2-3-5-14(11)20-17(22)15-10-12(8-9-18-15)16(21)19-13-6-7-13/h2-5,8-10,13H,6-7H2,1H3,(H,19,21)(H,20,22). The van der Waals surface area contributed by atoms with E-state index in [0.717, 1.165) is 24.1 Å². The van der Waals surface area contributed by atoms with Crippen LogP contribution in [-0.2, 0) is 0 Å². The molecule has 0 spiro atoms. The zero-order chi connectivity index (χ0) is 15.5. The Labute approximate surface area is 128 Å². The number of aromatic nitrogens is 1.